The number of nitrogens with zero attached hydrogens (tertiary/aromatic N) is 2. The predicted molar refractivity (Wildman–Crippen MR) is 90.1 cm³/mol. The van der Waals surface area contributed by atoms with E-state index in [1.807, 2.05) is 18.4 Å². The fourth-order valence-corrected chi connectivity index (χ4v) is 3.41. The quantitative estimate of drug-likeness (QED) is 0.678. The fourth-order valence-electron chi connectivity index (χ4n) is 2.09. The summed E-state index contributed by atoms with van der Waals surface area (Å²) >= 11 is 5.20. The third-order valence-electron chi connectivity index (χ3n) is 3.10. The molecule has 0 aliphatic heterocycles. The topological polar surface area (TPSA) is 46.9 Å². The number of amides is 1. The molecule has 3 rings (SSSR count). The molecule has 2 heterocycles. The lowest BCUT2D eigenvalue weighted by atomic mass is 10.2. The van der Waals surface area contributed by atoms with E-state index in [0.717, 1.165) is 20.3 Å². The first-order valence-corrected chi connectivity index (χ1v) is 8.27. The van der Waals surface area contributed by atoms with Crippen LogP contribution < -0.4 is 5.32 Å². The van der Waals surface area contributed by atoms with E-state index in [1.165, 1.54) is 0 Å². The molecule has 0 aliphatic carbocycles. The third kappa shape index (κ3) is 2.82. The molecule has 1 aromatic carbocycles. The smallest absolute Gasteiger partial charge is 0.306 e. The standard InChI is InChI=1S/C15H12BrN3OS/c1-21-14-7-10-4-6-19(13(10)8-12(14)16)15(20)18-11-3-2-5-17-9-11/h2-9H,1H3,(H,18,20). The number of hydrogen-bond acceptors (Lipinski definition) is 3. The molecule has 0 fully saturated rings. The second-order valence-corrected chi connectivity index (χ2v) is 6.11. The van der Waals surface area contributed by atoms with Crippen LogP contribution in [0, 0.1) is 0 Å². The Kier molecular flexibility index (Phi) is 3.98. The molecule has 1 amide bonds. The van der Waals surface area contributed by atoms with Gasteiger partial charge in [-0.3, -0.25) is 9.55 Å². The molecule has 106 valence electrons. The van der Waals surface area contributed by atoms with Gasteiger partial charge in [-0.15, -0.1) is 11.8 Å². The number of carbonyl (C=O) groups is 1. The summed E-state index contributed by atoms with van der Waals surface area (Å²) in [5, 5.41) is 3.86. The van der Waals surface area contributed by atoms with Crippen LogP contribution in [-0.2, 0) is 0 Å². The summed E-state index contributed by atoms with van der Waals surface area (Å²) in [5.41, 5.74) is 1.53. The number of pyridine rings is 1. The Bertz CT molecular complexity index is 801. The van der Waals surface area contributed by atoms with Crippen LogP contribution in [0.3, 0.4) is 0 Å². The molecule has 0 saturated heterocycles. The van der Waals surface area contributed by atoms with Gasteiger partial charge in [-0.25, -0.2) is 4.79 Å². The molecule has 0 spiro atoms. The summed E-state index contributed by atoms with van der Waals surface area (Å²) in [7, 11) is 0. The molecule has 0 unspecified atom stereocenters. The summed E-state index contributed by atoms with van der Waals surface area (Å²) in [6, 6.07) is 9.34. The van der Waals surface area contributed by atoms with Crippen molar-refractivity contribution in [2.75, 3.05) is 11.6 Å². The molecule has 2 aromatic heterocycles. The van der Waals surface area contributed by atoms with E-state index in [9.17, 15) is 4.79 Å². The normalized spacial score (nSPS) is 10.8. The van der Waals surface area contributed by atoms with Crippen molar-refractivity contribution >= 4 is 50.3 Å². The zero-order valence-electron chi connectivity index (χ0n) is 11.2. The first kappa shape index (κ1) is 14.2. The van der Waals surface area contributed by atoms with Crippen molar-refractivity contribution < 1.29 is 4.79 Å². The van der Waals surface area contributed by atoms with Gasteiger partial charge in [0, 0.05) is 27.1 Å². The van der Waals surface area contributed by atoms with Gasteiger partial charge in [0.15, 0.2) is 0 Å². The van der Waals surface area contributed by atoms with Crippen molar-refractivity contribution in [3.8, 4) is 0 Å². The van der Waals surface area contributed by atoms with Gasteiger partial charge in [0.05, 0.1) is 17.4 Å². The summed E-state index contributed by atoms with van der Waals surface area (Å²) < 4.78 is 2.58. The zero-order valence-corrected chi connectivity index (χ0v) is 13.6. The van der Waals surface area contributed by atoms with E-state index in [1.54, 1.807) is 47.1 Å². The van der Waals surface area contributed by atoms with Crippen molar-refractivity contribution in [2.45, 2.75) is 4.90 Å². The van der Waals surface area contributed by atoms with Gasteiger partial charge >= 0.3 is 6.03 Å². The minimum Gasteiger partial charge on any atom is -0.306 e. The number of fused-ring (bicyclic) bond motifs is 1. The van der Waals surface area contributed by atoms with Crippen LogP contribution in [0.2, 0.25) is 0 Å². The Morgan fingerprint density at radius 2 is 2.24 bits per heavy atom. The molecule has 3 aromatic rings. The van der Waals surface area contributed by atoms with Crippen LogP contribution in [-0.4, -0.2) is 21.8 Å². The molecule has 6 heteroatoms. The lowest BCUT2D eigenvalue weighted by Crippen LogP contribution is -2.18. The Labute approximate surface area is 134 Å². The van der Waals surface area contributed by atoms with Crippen molar-refractivity contribution in [3.63, 3.8) is 0 Å². The lowest BCUT2D eigenvalue weighted by molar-refractivity contribution is 0.254. The maximum atomic E-state index is 12.4. The number of hydrogen-bond donors (Lipinski definition) is 1. The van der Waals surface area contributed by atoms with Gasteiger partial charge in [0.2, 0.25) is 0 Å². The highest BCUT2D eigenvalue weighted by atomic mass is 79.9. The summed E-state index contributed by atoms with van der Waals surface area (Å²) in [6.45, 7) is 0. The summed E-state index contributed by atoms with van der Waals surface area (Å²) in [4.78, 5) is 17.5. The van der Waals surface area contributed by atoms with E-state index in [0.29, 0.717) is 5.69 Å². The number of halogens is 1. The van der Waals surface area contributed by atoms with Crippen molar-refractivity contribution in [3.05, 3.63) is 53.4 Å². The Hall–Kier alpha value is -1.79. The number of nitrogens with one attached hydrogen (secondary N) is 1. The monoisotopic (exact) mass is 361 g/mol. The van der Waals surface area contributed by atoms with Gasteiger partial charge in [0.1, 0.15) is 0 Å². The van der Waals surface area contributed by atoms with Crippen LogP contribution in [0.25, 0.3) is 10.9 Å². The highest BCUT2D eigenvalue weighted by molar-refractivity contribution is 9.10. The van der Waals surface area contributed by atoms with Crippen LogP contribution >= 0.6 is 27.7 Å². The average molecular weight is 362 g/mol. The van der Waals surface area contributed by atoms with Gasteiger partial charge in [-0.05, 0) is 52.5 Å². The zero-order chi connectivity index (χ0) is 14.8. The van der Waals surface area contributed by atoms with Crippen molar-refractivity contribution in [1.29, 1.82) is 0 Å². The Balaban J connectivity index is 1.97. The first-order chi connectivity index (χ1) is 10.2. The highest BCUT2D eigenvalue weighted by Gasteiger charge is 2.11. The van der Waals surface area contributed by atoms with E-state index in [-0.39, 0.29) is 6.03 Å². The fraction of sp³-hybridized carbons (Fsp3) is 0.0667. The second kappa shape index (κ2) is 5.91. The molecule has 4 nitrogen and oxygen atoms in total. The van der Waals surface area contributed by atoms with Gasteiger partial charge in [-0.2, -0.15) is 0 Å². The maximum Gasteiger partial charge on any atom is 0.330 e. The number of aromatic nitrogens is 2. The first-order valence-electron chi connectivity index (χ1n) is 6.25. The van der Waals surface area contributed by atoms with Gasteiger partial charge in [0.25, 0.3) is 0 Å². The Morgan fingerprint density at radius 3 is 2.95 bits per heavy atom. The lowest BCUT2D eigenvalue weighted by Gasteiger charge is -2.08. The number of rotatable bonds is 2. The second-order valence-electron chi connectivity index (χ2n) is 4.40. The predicted octanol–water partition coefficient (Wildman–Crippen LogP) is 4.60. The number of carbonyl (C=O) groups excluding carboxylic acids is 1. The minimum atomic E-state index is -0.207. The molecule has 21 heavy (non-hydrogen) atoms. The van der Waals surface area contributed by atoms with Crippen LogP contribution in [0.4, 0.5) is 10.5 Å². The van der Waals surface area contributed by atoms with Crippen LogP contribution in [0.15, 0.2) is 58.3 Å². The van der Waals surface area contributed by atoms with Gasteiger partial charge in [-0.1, -0.05) is 0 Å². The number of thioether (sulfide) groups is 1. The molecule has 0 aliphatic rings. The number of benzene rings is 1. The number of anilines is 1. The van der Waals surface area contributed by atoms with Crippen LogP contribution in [0.5, 0.6) is 0 Å². The minimum absolute atomic E-state index is 0.207. The SMILES string of the molecule is CSc1cc2ccn(C(=O)Nc3cccnc3)c2cc1Br. The van der Waals surface area contributed by atoms with E-state index in [4.69, 9.17) is 0 Å². The average Bonchev–Trinajstić information content (AvgIpc) is 2.90. The van der Waals surface area contributed by atoms with E-state index >= 15 is 0 Å². The largest absolute Gasteiger partial charge is 0.330 e. The van der Waals surface area contributed by atoms with E-state index < -0.39 is 0 Å². The molecule has 0 radical (unpaired) electrons. The van der Waals surface area contributed by atoms with Gasteiger partial charge < -0.3 is 5.32 Å². The maximum absolute atomic E-state index is 12.4. The van der Waals surface area contributed by atoms with Crippen molar-refractivity contribution in [2.24, 2.45) is 0 Å². The Morgan fingerprint density at radius 1 is 1.38 bits per heavy atom. The summed E-state index contributed by atoms with van der Waals surface area (Å²) in [5.74, 6) is 0. The summed E-state index contributed by atoms with van der Waals surface area (Å²) in [6.07, 6.45) is 7.08. The molecular formula is C15H12BrN3OS. The molecule has 1 N–H and O–H groups in total. The molecule has 0 atom stereocenters. The molecular weight excluding hydrogens is 350 g/mol. The van der Waals surface area contributed by atoms with Crippen LogP contribution in [0.1, 0.15) is 0 Å². The third-order valence-corrected chi connectivity index (χ3v) is 4.79. The van der Waals surface area contributed by atoms with E-state index in [2.05, 4.69) is 32.3 Å². The molecule has 0 saturated carbocycles. The highest BCUT2D eigenvalue weighted by Crippen LogP contribution is 2.31. The molecule has 0 bridgehead atoms. The van der Waals surface area contributed by atoms with Crippen molar-refractivity contribution in [1.82, 2.24) is 9.55 Å².